The number of nitrogens with zero attached hydrogens (tertiary/aromatic N) is 1. The summed E-state index contributed by atoms with van der Waals surface area (Å²) < 4.78 is 11.4. The molecule has 1 atom stereocenters. The van der Waals surface area contributed by atoms with Crippen molar-refractivity contribution in [2.75, 3.05) is 0 Å². The monoisotopic (exact) mass is 476 g/mol. The van der Waals surface area contributed by atoms with Crippen molar-refractivity contribution in [2.24, 2.45) is 0 Å². The summed E-state index contributed by atoms with van der Waals surface area (Å²) in [6.45, 7) is 3.44. The van der Waals surface area contributed by atoms with Crippen molar-refractivity contribution in [3.8, 4) is 0 Å². The number of carbonyl (C=O) groups excluding carboxylic acids is 2. The summed E-state index contributed by atoms with van der Waals surface area (Å²) in [7, 11) is 0. The Morgan fingerprint density at radius 1 is 0.943 bits per heavy atom. The Balaban J connectivity index is 1.75. The van der Waals surface area contributed by atoms with Gasteiger partial charge in [0.15, 0.2) is 0 Å². The zero-order chi connectivity index (χ0) is 24.9. The van der Waals surface area contributed by atoms with E-state index in [1.54, 1.807) is 32.0 Å². The maximum Gasteiger partial charge on any atom is 0.337 e. The lowest BCUT2D eigenvalue weighted by molar-refractivity contribution is -0.385. The normalized spacial score (nSPS) is 18.3. The molecule has 8 heteroatoms. The van der Waals surface area contributed by atoms with Gasteiger partial charge in [-0.3, -0.25) is 10.1 Å². The Hall–Kier alpha value is -3.94. The summed E-state index contributed by atoms with van der Waals surface area (Å²) in [6, 6.07) is 15.4. The zero-order valence-corrected chi connectivity index (χ0v) is 19.8. The van der Waals surface area contributed by atoms with Crippen LogP contribution in [0.3, 0.4) is 0 Å². The molecule has 35 heavy (non-hydrogen) atoms. The molecule has 0 spiro atoms. The Labute approximate surface area is 203 Å². The van der Waals surface area contributed by atoms with Crippen molar-refractivity contribution in [1.82, 2.24) is 5.32 Å². The average molecular weight is 477 g/mol. The molecule has 182 valence electrons. The van der Waals surface area contributed by atoms with E-state index < -0.39 is 22.8 Å². The van der Waals surface area contributed by atoms with E-state index in [1.807, 2.05) is 30.3 Å². The molecule has 2 aliphatic rings. The number of para-hydroxylation sites is 1. The van der Waals surface area contributed by atoms with Crippen LogP contribution in [0.2, 0.25) is 0 Å². The maximum absolute atomic E-state index is 13.4. The van der Waals surface area contributed by atoms with Crippen molar-refractivity contribution in [1.29, 1.82) is 0 Å². The number of nitro groups is 1. The van der Waals surface area contributed by atoms with Crippen molar-refractivity contribution in [3.05, 3.63) is 98.4 Å². The number of dihydropyridines is 1. The van der Waals surface area contributed by atoms with Crippen LogP contribution in [0.15, 0.2) is 77.1 Å². The van der Waals surface area contributed by atoms with E-state index in [9.17, 15) is 19.7 Å². The van der Waals surface area contributed by atoms with Crippen LogP contribution < -0.4 is 5.32 Å². The van der Waals surface area contributed by atoms with E-state index in [0.717, 1.165) is 31.2 Å². The van der Waals surface area contributed by atoms with Gasteiger partial charge in [0, 0.05) is 23.0 Å². The Bertz CT molecular complexity index is 1200. The van der Waals surface area contributed by atoms with Crippen LogP contribution >= 0.6 is 0 Å². The minimum atomic E-state index is -1.00. The number of nitrogens with one attached hydrogen (secondary N) is 1. The minimum absolute atomic E-state index is 0.0323. The molecule has 0 aromatic heterocycles. The van der Waals surface area contributed by atoms with Crippen LogP contribution in [0.1, 0.15) is 56.6 Å². The minimum Gasteiger partial charge on any atom is -0.459 e. The summed E-state index contributed by atoms with van der Waals surface area (Å²) in [5, 5.41) is 15.0. The molecule has 1 aliphatic heterocycles. The van der Waals surface area contributed by atoms with Gasteiger partial charge >= 0.3 is 11.9 Å². The number of nitro benzene ring substituents is 1. The van der Waals surface area contributed by atoms with Crippen LogP contribution in [0.4, 0.5) is 5.69 Å². The number of hydrogen-bond donors (Lipinski definition) is 1. The second-order valence-electron chi connectivity index (χ2n) is 8.82. The van der Waals surface area contributed by atoms with Crippen molar-refractivity contribution >= 4 is 17.6 Å². The Morgan fingerprint density at radius 3 is 2.20 bits per heavy atom. The largest absolute Gasteiger partial charge is 0.459 e. The van der Waals surface area contributed by atoms with E-state index in [-0.39, 0.29) is 35.1 Å². The third-order valence-electron chi connectivity index (χ3n) is 6.43. The third kappa shape index (κ3) is 5.26. The molecule has 1 saturated carbocycles. The molecule has 8 nitrogen and oxygen atoms in total. The highest BCUT2D eigenvalue weighted by atomic mass is 16.6. The SMILES string of the molecule is CC1=C(C(=O)OCc2ccccc2)C(c2ccccc2[N+](=O)[O-])C(C(=O)OC2CCCC2)=C(C)N1. The fourth-order valence-corrected chi connectivity index (χ4v) is 4.77. The molecular weight excluding hydrogens is 448 g/mol. The van der Waals surface area contributed by atoms with Gasteiger partial charge in [-0.1, -0.05) is 48.5 Å². The summed E-state index contributed by atoms with van der Waals surface area (Å²) in [6.07, 6.45) is 3.33. The predicted octanol–water partition coefficient (Wildman–Crippen LogP) is 5.06. The van der Waals surface area contributed by atoms with E-state index in [0.29, 0.717) is 11.4 Å². The Morgan fingerprint density at radius 2 is 1.54 bits per heavy atom. The molecule has 1 heterocycles. The van der Waals surface area contributed by atoms with Gasteiger partial charge in [-0.25, -0.2) is 9.59 Å². The van der Waals surface area contributed by atoms with Gasteiger partial charge in [-0.2, -0.15) is 0 Å². The van der Waals surface area contributed by atoms with Crippen LogP contribution in [0, 0.1) is 10.1 Å². The number of ether oxygens (including phenoxy) is 2. The molecule has 1 unspecified atom stereocenters. The number of carbonyl (C=O) groups is 2. The molecule has 2 aromatic carbocycles. The molecule has 0 bridgehead atoms. The molecule has 1 N–H and O–H groups in total. The first-order valence-corrected chi connectivity index (χ1v) is 11.7. The maximum atomic E-state index is 13.4. The fraction of sp³-hybridized carbons (Fsp3) is 0.333. The molecule has 4 rings (SSSR count). The fourth-order valence-electron chi connectivity index (χ4n) is 4.77. The lowest BCUT2D eigenvalue weighted by atomic mass is 9.79. The first-order valence-electron chi connectivity index (χ1n) is 11.7. The first kappa shape index (κ1) is 24.2. The summed E-state index contributed by atoms with van der Waals surface area (Å²) in [4.78, 5) is 38.2. The molecule has 1 aliphatic carbocycles. The highest BCUT2D eigenvalue weighted by Crippen LogP contribution is 2.43. The lowest BCUT2D eigenvalue weighted by Crippen LogP contribution is -2.33. The zero-order valence-electron chi connectivity index (χ0n) is 19.8. The average Bonchev–Trinajstić information content (AvgIpc) is 3.35. The van der Waals surface area contributed by atoms with Gasteiger partial charge in [-0.15, -0.1) is 0 Å². The number of rotatable bonds is 7. The van der Waals surface area contributed by atoms with Gasteiger partial charge in [0.25, 0.3) is 5.69 Å². The predicted molar refractivity (Wildman–Crippen MR) is 129 cm³/mol. The van der Waals surface area contributed by atoms with Gasteiger partial charge in [-0.05, 0) is 45.1 Å². The molecule has 0 saturated heterocycles. The van der Waals surface area contributed by atoms with Gasteiger partial charge in [0.1, 0.15) is 12.7 Å². The quantitative estimate of drug-likeness (QED) is 0.338. The van der Waals surface area contributed by atoms with E-state index in [4.69, 9.17) is 9.47 Å². The smallest absolute Gasteiger partial charge is 0.337 e. The number of benzene rings is 2. The van der Waals surface area contributed by atoms with Crippen LogP contribution in [0.5, 0.6) is 0 Å². The number of hydrogen-bond acceptors (Lipinski definition) is 7. The van der Waals surface area contributed by atoms with Gasteiger partial charge in [0.2, 0.25) is 0 Å². The van der Waals surface area contributed by atoms with Crippen LogP contribution in [-0.4, -0.2) is 23.0 Å². The molecule has 0 radical (unpaired) electrons. The first-order chi connectivity index (χ1) is 16.9. The highest BCUT2D eigenvalue weighted by molar-refractivity contribution is 6.00. The van der Waals surface area contributed by atoms with Crippen LogP contribution in [0.25, 0.3) is 0 Å². The van der Waals surface area contributed by atoms with Crippen LogP contribution in [-0.2, 0) is 25.7 Å². The number of esters is 2. The summed E-state index contributed by atoms with van der Waals surface area (Å²) >= 11 is 0. The molecule has 2 aromatic rings. The highest BCUT2D eigenvalue weighted by Gasteiger charge is 2.41. The lowest BCUT2D eigenvalue weighted by Gasteiger charge is -2.30. The van der Waals surface area contributed by atoms with Crippen molar-refractivity contribution in [3.63, 3.8) is 0 Å². The summed E-state index contributed by atoms with van der Waals surface area (Å²) in [5.74, 6) is -2.23. The second-order valence-corrected chi connectivity index (χ2v) is 8.82. The van der Waals surface area contributed by atoms with E-state index in [1.165, 1.54) is 6.07 Å². The molecular formula is C27H28N2O6. The second kappa shape index (κ2) is 10.5. The summed E-state index contributed by atoms with van der Waals surface area (Å²) in [5.41, 5.74) is 2.16. The van der Waals surface area contributed by atoms with Crippen molar-refractivity contribution in [2.45, 2.75) is 58.2 Å². The number of allylic oxidation sites excluding steroid dienone is 2. The topological polar surface area (TPSA) is 108 Å². The molecule has 1 fully saturated rings. The van der Waals surface area contributed by atoms with Gasteiger partial charge in [0.05, 0.1) is 22.0 Å². The Kier molecular flexibility index (Phi) is 7.29. The van der Waals surface area contributed by atoms with E-state index in [2.05, 4.69) is 5.32 Å². The third-order valence-corrected chi connectivity index (χ3v) is 6.43. The standard InChI is InChI=1S/C27H28N2O6/c1-17-23(26(30)34-16-19-10-4-3-5-11-19)25(21-14-8-9-15-22(21)29(32)33)24(18(2)28-17)27(31)35-20-12-6-7-13-20/h3-5,8-11,14-15,20,25,28H,6-7,12-13,16H2,1-2H3. The van der Waals surface area contributed by atoms with Gasteiger partial charge < -0.3 is 14.8 Å². The molecule has 0 amide bonds. The van der Waals surface area contributed by atoms with E-state index >= 15 is 0 Å². The van der Waals surface area contributed by atoms with Crippen molar-refractivity contribution < 1.29 is 24.0 Å².